The number of ether oxygens (including phenoxy) is 3. The van der Waals surface area contributed by atoms with Crippen molar-refractivity contribution in [1.29, 1.82) is 0 Å². The fourth-order valence-electron chi connectivity index (χ4n) is 1.94. The number of morpholine rings is 1. The number of nitrogens with zero attached hydrogens (tertiary/aromatic N) is 1. The molecule has 1 aliphatic rings. The Morgan fingerprint density at radius 3 is 2.84 bits per heavy atom. The lowest BCUT2D eigenvalue weighted by Gasteiger charge is -2.31. The molecule has 0 aromatic carbocycles. The number of amides is 1. The van der Waals surface area contributed by atoms with Gasteiger partial charge in [-0.05, 0) is 6.92 Å². The maximum atomic E-state index is 11.8. The summed E-state index contributed by atoms with van der Waals surface area (Å²) in [4.78, 5) is 25.0. The highest BCUT2D eigenvalue weighted by Gasteiger charge is 2.28. The maximum Gasteiger partial charge on any atom is 0.336 e. The van der Waals surface area contributed by atoms with Crippen LogP contribution in [0, 0.1) is 0 Å². The van der Waals surface area contributed by atoms with E-state index in [1.807, 2.05) is 11.8 Å². The number of hydrogen-bond donors (Lipinski definition) is 1. The highest BCUT2D eigenvalue weighted by Crippen LogP contribution is 2.06. The van der Waals surface area contributed by atoms with Gasteiger partial charge in [0, 0.05) is 26.2 Å². The molecule has 2 atom stereocenters. The fraction of sp³-hybridized carbons (Fsp3) is 0.833. The third-order valence-electron chi connectivity index (χ3n) is 2.81. The molecule has 0 aliphatic carbocycles. The van der Waals surface area contributed by atoms with Crippen molar-refractivity contribution >= 4 is 11.9 Å². The van der Waals surface area contributed by atoms with Crippen LogP contribution in [0.25, 0.3) is 0 Å². The van der Waals surface area contributed by atoms with Gasteiger partial charge in [-0.25, -0.2) is 4.79 Å². The predicted octanol–water partition coefficient (Wildman–Crippen LogP) is -0.989. The summed E-state index contributed by atoms with van der Waals surface area (Å²) in [6, 6.07) is -0.0325. The molecule has 110 valence electrons. The maximum absolute atomic E-state index is 11.8. The molecule has 0 bridgehead atoms. The van der Waals surface area contributed by atoms with E-state index in [4.69, 9.17) is 9.47 Å². The van der Waals surface area contributed by atoms with Crippen LogP contribution < -0.4 is 5.32 Å². The van der Waals surface area contributed by atoms with Crippen molar-refractivity contribution in [3.8, 4) is 0 Å². The first-order valence-corrected chi connectivity index (χ1v) is 6.27. The Bertz CT molecular complexity index is 310. The largest absolute Gasteiger partial charge is 0.467 e. The van der Waals surface area contributed by atoms with Gasteiger partial charge in [0.2, 0.25) is 5.91 Å². The molecule has 0 radical (unpaired) electrons. The van der Waals surface area contributed by atoms with Crippen LogP contribution in [0.2, 0.25) is 0 Å². The van der Waals surface area contributed by atoms with E-state index in [1.54, 1.807) is 7.11 Å². The monoisotopic (exact) mass is 274 g/mol. The summed E-state index contributed by atoms with van der Waals surface area (Å²) >= 11 is 0. The second-order valence-corrected chi connectivity index (χ2v) is 4.54. The van der Waals surface area contributed by atoms with Crippen molar-refractivity contribution in [3.63, 3.8) is 0 Å². The van der Waals surface area contributed by atoms with Crippen LogP contribution in [0.15, 0.2) is 0 Å². The van der Waals surface area contributed by atoms with Gasteiger partial charge in [-0.3, -0.25) is 9.69 Å². The number of hydrogen-bond acceptors (Lipinski definition) is 6. The van der Waals surface area contributed by atoms with Gasteiger partial charge in [-0.2, -0.15) is 0 Å². The molecule has 1 N–H and O–H groups in total. The van der Waals surface area contributed by atoms with E-state index in [-0.39, 0.29) is 18.5 Å². The predicted molar refractivity (Wildman–Crippen MR) is 67.7 cm³/mol. The summed E-state index contributed by atoms with van der Waals surface area (Å²) in [5.41, 5.74) is 0. The van der Waals surface area contributed by atoms with E-state index in [0.29, 0.717) is 26.3 Å². The average Bonchev–Trinajstić information content (AvgIpc) is 2.38. The molecule has 1 saturated heterocycles. The first-order chi connectivity index (χ1) is 9.06. The summed E-state index contributed by atoms with van der Waals surface area (Å²) in [6.07, 6.45) is -0.608. The topological polar surface area (TPSA) is 77.1 Å². The zero-order valence-electron chi connectivity index (χ0n) is 11.7. The first-order valence-electron chi connectivity index (χ1n) is 6.27. The molecule has 1 heterocycles. The van der Waals surface area contributed by atoms with E-state index in [9.17, 15) is 9.59 Å². The molecule has 19 heavy (non-hydrogen) atoms. The van der Waals surface area contributed by atoms with Crippen LogP contribution in [-0.4, -0.2) is 76.0 Å². The summed E-state index contributed by atoms with van der Waals surface area (Å²) < 4.78 is 14.9. The summed E-state index contributed by atoms with van der Waals surface area (Å²) in [6.45, 7) is 4.00. The van der Waals surface area contributed by atoms with Gasteiger partial charge in [0.1, 0.15) is 0 Å². The van der Waals surface area contributed by atoms with Gasteiger partial charge in [-0.15, -0.1) is 0 Å². The molecule has 7 nitrogen and oxygen atoms in total. The molecule has 0 aromatic rings. The fourth-order valence-corrected chi connectivity index (χ4v) is 1.94. The minimum Gasteiger partial charge on any atom is -0.467 e. The Kier molecular flexibility index (Phi) is 6.75. The number of methoxy groups -OCH3 is 2. The molecule has 1 aliphatic heterocycles. The van der Waals surface area contributed by atoms with Crippen molar-refractivity contribution < 1.29 is 23.8 Å². The zero-order chi connectivity index (χ0) is 14.3. The SMILES string of the molecule is COCC(C)NC(=O)CN1CCOC(C(=O)OC)C1. The van der Waals surface area contributed by atoms with Crippen molar-refractivity contribution in [2.45, 2.75) is 19.1 Å². The average molecular weight is 274 g/mol. The quantitative estimate of drug-likeness (QED) is 0.627. The Labute approximate surface area is 113 Å². The van der Waals surface area contributed by atoms with E-state index in [0.717, 1.165) is 0 Å². The van der Waals surface area contributed by atoms with Crippen LogP contribution in [0.1, 0.15) is 6.92 Å². The number of carbonyl (C=O) groups is 2. The third-order valence-corrected chi connectivity index (χ3v) is 2.81. The molecule has 1 amide bonds. The van der Waals surface area contributed by atoms with Gasteiger partial charge < -0.3 is 19.5 Å². The second kappa shape index (κ2) is 8.08. The van der Waals surface area contributed by atoms with E-state index < -0.39 is 12.1 Å². The summed E-state index contributed by atoms with van der Waals surface area (Å²) in [5.74, 6) is -0.493. The minimum absolute atomic E-state index is 0.0325. The summed E-state index contributed by atoms with van der Waals surface area (Å²) in [7, 11) is 2.91. The number of carbonyl (C=O) groups excluding carboxylic acids is 2. The summed E-state index contributed by atoms with van der Waals surface area (Å²) in [5, 5.41) is 2.82. The van der Waals surface area contributed by atoms with Crippen LogP contribution in [0.3, 0.4) is 0 Å². The lowest BCUT2D eigenvalue weighted by atomic mass is 10.2. The normalized spacial score (nSPS) is 21.7. The van der Waals surface area contributed by atoms with E-state index >= 15 is 0 Å². The molecule has 2 unspecified atom stereocenters. The number of rotatable bonds is 6. The zero-order valence-corrected chi connectivity index (χ0v) is 11.7. The van der Waals surface area contributed by atoms with Crippen molar-refractivity contribution in [3.05, 3.63) is 0 Å². The number of esters is 1. The van der Waals surface area contributed by atoms with Crippen molar-refractivity contribution in [2.75, 3.05) is 47.1 Å². The van der Waals surface area contributed by atoms with E-state index in [1.165, 1.54) is 7.11 Å². The van der Waals surface area contributed by atoms with Crippen LogP contribution in [0.4, 0.5) is 0 Å². The van der Waals surface area contributed by atoms with Crippen LogP contribution in [-0.2, 0) is 23.8 Å². The molecular formula is C12H22N2O5. The first kappa shape index (κ1) is 15.9. The lowest BCUT2D eigenvalue weighted by molar-refractivity contribution is -0.160. The Hall–Kier alpha value is -1.18. The molecule has 0 aromatic heterocycles. The van der Waals surface area contributed by atoms with Crippen molar-refractivity contribution in [1.82, 2.24) is 10.2 Å². The molecule has 0 saturated carbocycles. The standard InChI is InChI=1S/C12H22N2O5/c1-9(8-17-2)13-11(15)7-14-4-5-19-10(6-14)12(16)18-3/h9-10H,4-8H2,1-3H3,(H,13,15). The molecule has 0 spiro atoms. The Morgan fingerprint density at radius 2 is 2.21 bits per heavy atom. The molecular weight excluding hydrogens is 252 g/mol. The van der Waals surface area contributed by atoms with Gasteiger partial charge in [-0.1, -0.05) is 0 Å². The van der Waals surface area contributed by atoms with Gasteiger partial charge >= 0.3 is 5.97 Å². The molecule has 1 fully saturated rings. The molecule has 1 rings (SSSR count). The van der Waals surface area contributed by atoms with Crippen molar-refractivity contribution in [2.24, 2.45) is 0 Å². The second-order valence-electron chi connectivity index (χ2n) is 4.54. The Morgan fingerprint density at radius 1 is 1.47 bits per heavy atom. The minimum atomic E-state index is -0.608. The van der Waals surface area contributed by atoms with Gasteiger partial charge in [0.25, 0.3) is 0 Å². The van der Waals surface area contributed by atoms with Gasteiger partial charge in [0.15, 0.2) is 6.10 Å². The number of nitrogens with one attached hydrogen (secondary N) is 1. The van der Waals surface area contributed by atoms with E-state index in [2.05, 4.69) is 10.1 Å². The van der Waals surface area contributed by atoms with Gasteiger partial charge in [0.05, 0.1) is 26.9 Å². The lowest BCUT2D eigenvalue weighted by Crippen LogP contribution is -2.50. The van der Waals surface area contributed by atoms with Crippen LogP contribution >= 0.6 is 0 Å². The highest BCUT2D eigenvalue weighted by atomic mass is 16.6. The van der Waals surface area contributed by atoms with Crippen LogP contribution in [0.5, 0.6) is 0 Å². The smallest absolute Gasteiger partial charge is 0.336 e. The molecule has 7 heteroatoms. The third kappa shape index (κ3) is 5.54. The Balaban J connectivity index is 2.35. The highest BCUT2D eigenvalue weighted by molar-refractivity contribution is 5.79.